The summed E-state index contributed by atoms with van der Waals surface area (Å²) in [5, 5.41) is 1.19. The summed E-state index contributed by atoms with van der Waals surface area (Å²) in [6.45, 7) is 0. The minimum atomic E-state index is 0.661. The maximum Gasteiger partial charge on any atom is 0.236 e. The van der Waals surface area contributed by atoms with E-state index in [0.717, 1.165) is 39.1 Å². The second-order valence-electron chi connectivity index (χ2n) is 10.3. The molecule has 1 aliphatic rings. The van der Waals surface area contributed by atoms with Crippen LogP contribution in [-0.2, 0) is 0 Å². The van der Waals surface area contributed by atoms with Gasteiger partial charge in [0, 0.05) is 22.7 Å². The highest BCUT2D eigenvalue weighted by atomic mass is 15.2. The summed E-state index contributed by atoms with van der Waals surface area (Å²) in [5.41, 5.74) is 13.5. The van der Waals surface area contributed by atoms with E-state index in [2.05, 4.69) is 136 Å². The number of rotatable bonds is 1. The lowest BCUT2D eigenvalue weighted by Gasteiger charge is -2.22. The first-order chi connectivity index (χ1) is 19.9. The molecule has 186 valence electrons. The van der Waals surface area contributed by atoms with E-state index in [1.165, 1.54) is 33.2 Å². The van der Waals surface area contributed by atoms with Crippen LogP contribution in [0.3, 0.4) is 0 Å². The van der Waals surface area contributed by atoms with Crippen LogP contribution in [0.5, 0.6) is 0 Å². The van der Waals surface area contributed by atoms with Gasteiger partial charge in [0.1, 0.15) is 5.65 Å². The first-order valence-corrected chi connectivity index (χ1v) is 13.5. The van der Waals surface area contributed by atoms with Gasteiger partial charge in [-0.2, -0.15) is 0 Å². The summed E-state index contributed by atoms with van der Waals surface area (Å²) in [7, 11) is 0. The third kappa shape index (κ3) is 2.85. The Labute approximate surface area is 230 Å². The van der Waals surface area contributed by atoms with Crippen molar-refractivity contribution >= 4 is 27.6 Å². The van der Waals surface area contributed by atoms with Crippen LogP contribution in [0, 0.1) is 0 Å². The van der Waals surface area contributed by atoms with Crippen molar-refractivity contribution in [3.8, 4) is 50.6 Å². The molecule has 8 aromatic rings. The highest BCUT2D eigenvalue weighted by molar-refractivity contribution is 6.02. The Morgan fingerprint density at radius 2 is 0.950 bits per heavy atom. The van der Waals surface area contributed by atoms with Gasteiger partial charge < -0.3 is 0 Å². The zero-order chi connectivity index (χ0) is 26.2. The summed E-state index contributed by atoms with van der Waals surface area (Å²) >= 11 is 0. The summed E-state index contributed by atoms with van der Waals surface area (Å²) < 4.78 is 4.50. The molecule has 0 unspecified atom stereocenters. The largest absolute Gasteiger partial charge is 0.293 e. The number of aromatic nitrogens is 4. The van der Waals surface area contributed by atoms with Crippen LogP contribution in [0.1, 0.15) is 0 Å². The summed E-state index contributed by atoms with van der Waals surface area (Å²) in [4.78, 5) is 10.4. The highest BCUT2D eigenvalue weighted by Crippen LogP contribution is 2.46. The molecule has 40 heavy (non-hydrogen) atoms. The standard InChI is InChI=1S/C36H22N4/c1-8-18-31-23(11-1)21-34-39(31)32-19-9-10-20-33(32)40(34)36-37-22-30-28-16-5-4-14-26(28)24-12-2-3-13-25(24)27-15-6-7-17-29(27)35(30)38-36/h1-22H. The summed E-state index contributed by atoms with van der Waals surface area (Å²) in [6.07, 6.45) is 2.01. The molecule has 0 fully saturated rings. The van der Waals surface area contributed by atoms with Crippen LogP contribution in [0.4, 0.5) is 0 Å². The maximum absolute atomic E-state index is 5.38. The Bertz CT molecular complexity index is 2280. The van der Waals surface area contributed by atoms with Crippen LogP contribution in [0.25, 0.3) is 78.2 Å². The van der Waals surface area contributed by atoms with Crippen LogP contribution < -0.4 is 0 Å². The van der Waals surface area contributed by atoms with Crippen molar-refractivity contribution in [2.75, 3.05) is 0 Å². The molecule has 0 amide bonds. The van der Waals surface area contributed by atoms with Gasteiger partial charge in [0.2, 0.25) is 5.95 Å². The molecule has 0 saturated carbocycles. The summed E-state index contributed by atoms with van der Waals surface area (Å²) in [6, 6.07) is 45.1. The predicted molar refractivity (Wildman–Crippen MR) is 163 cm³/mol. The van der Waals surface area contributed by atoms with E-state index < -0.39 is 0 Å². The molecule has 0 saturated heterocycles. The van der Waals surface area contributed by atoms with E-state index in [0.29, 0.717) is 5.95 Å². The van der Waals surface area contributed by atoms with Gasteiger partial charge in [0.15, 0.2) is 0 Å². The van der Waals surface area contributed by atoms with E-state index in [9.17, 15) is 0 Å². The van der Waals surface area contributed by atoms with Gasteiger partial charge in [-0.15, -0.1) is 0 Å². The van der Waals surface area contributed by atoms with Crippen LogP contribution >= 0.6 is 0 Å². The van der Waals surface area contributed by atoms with Crippen molar-refractivity contribution in [3.63, 3.8) is 0 Å². The van der Waals surface area contributed by atoms with Gasteiger partial charge in [0.25, 0.3) is 0 Å². The Hall–Kier alpha value is -5.48. The Morgan fingerprint density at radius 3 is 1.62 bits per heavy atom. The van der Waals surface area contributed by atoms with Crippen molar-refractivity contribution in [2.24, 2.45) is 0 Å². The van der Waals surface area contributed by atoms with E-state index in [4.69, 9.17) is 9.97 Å². The number of imidazole rings is 1. The van der Waals surface area contributed by atoms with E-state index >= 15 is 0 Å². The van der Waals surface area contributed by atoms with Gasteiger partial charge in [-0.25, -0.2) is 9.97 Å². The molecule has 9 rings (SSSR count). The van der Waals surface area contributed by atoms with Gasteiger partial charge in [-0.3, -0.25) is 8.97 Å². The summed E-state index contributed by atoms with van der Waals surface area (Å²) in [5.74, 6) is 0.661. The number of hydrogen-bond acceptors (Lipinski definition) is 2. The quantitative estimate of drug-likeness (QED) is 0.221. The molecule has 0 radical (unpaired) electrons. The predicted octanol–water partition coefficient (Wildman–Crippen LogP) is 8.81. The minimum Gasteiger partial charge on any atom is -0.293 e. The van der Waals surface area contributed by atoms with Crippen LogP contribution in [0.2, 0.25) is 0 Å². The number of benzene rings is 5. The third-order valence-electron chi connectivity index (χ3n) is 8.17. The SMILES string of the molecule is c1ccc2c(c1)-c1ccccc1-c1cnc(-n3c4ccccc4n4c5ccccc5cc34)nc1-c1ccccc1-2. The van der Waals surface area contributed by atoms with Gasteiger partial charge in [-0.05, 0) is 52.1 Å². The average molecular weight is 511 g/mol. The fourth-order valence-corrected chi connectivity index (χ4v) is 6.45. The molecular weight excluding hydrogens is 488 g/mol. The topological polar surface area (TPSA) is 35.1 Å². The zero-order valence-electron chi connectivity index (χ0n) is 21.5. The van der Waals surface area contributed by atoms with Crippen LogP contribution in [0.15, 0.2) is 134 Å². The highest BCUT2D eigenvalue weighted by Gasteiger charge is 2.24. The molecule has 0 atom stereocenters. The maximum atomic E-state index is 5.38. The van der Waals surface area contributed by atoms with Crippen molar-refractivity contribution < 1.29 is 0 Å². The third-order valence-corrected chi connectivity index (χ3v) is 8.17. The molecule has 4 nitrogen and oxygen atoms in total. The molecule has 3 aromatic heterocycles. The first kappa shape index (κ1) is 21.5. The van der Waals surface area contributed by atoms with Crippen molar-refractivity contribution in [1.82, 2.24) is 18.9 Å². The van der Waals surface area contributed by atoms with Crippen LogP contribution in [-0.4, -0.2) is 18.9 Å². The fraction of sp³-hybridized carbons (Fsp3) is 0. The molecule has 5 aromatic carbocycles. The van der Waals surface area contributed by atoms with Crippen molar-refractivity contribution in [3.05, 3.63) is 134 Å². The normalized spacial score (nSPS) is 12.0. The second kappa shape index (κ2) is 8.01. The lowest BCUT2D eigenvalue weighted by molar-refractivity contribution is 0.984. The molecule has 4 heteroatoms. The molecule has 0 bridgehead atoms. The van der Waals surface area contributed by atoms with Gasteiger partial charge >= 0.3 is 0 Å². The Morgan fingerprint density at radius 1 is 0.450 bits per heavy atom. The second-order valence-corrected chi connectivity index (χ2v) is 10.3. The lowest BCUT2D eigenvalue weighted by Crippen LogP contribution is -2.05. The molecule has 3 heterocycles. The monoisotopic (exact) mass is 510 g/mol. The number of para-hydroxylation sites is 3. The zero-order valence-corrected chi connectivity index (χ0v) is 21.5. The number of nitrogens with zero attached hydrogens (tertiary/aromatic N) is 4. The lowest BCUT2D eigenvalue weighted by atomic mass is 9.83. The minimum absolute atomic E-state index is 0.661. The average Bonchev–Trinajstić information content (AvgIpc) is 3.55. The fourth-order valence-electron chi connectivity index (χ4n) is 6.45. The molecule has 1 aliphatic carbocycles. The Kier molecular flexibility index (Phi) is 4.30. The number of hydrogen-bond donors (Lipinski definition) is 0. The number of fused-ring (bicyclic) bond motifs is 13. The van der Waals surface area contributed by atoms with Gasteiger partial charge in [0.05, 0.1) is 22.2 Å². The molecule has 0 spiro atoms. The van der Waals surface area contributed by atoms with E-state index in [-0.39, 0.29) is 0 Å². The van der Waals surface area contributed by atoms with Gasteiger partial charge in [-0.1, -0.05) is 103 Å². The first-order valence-electron chi connectivity index (χ1n) is 13.5. The smallest absolute Gasteiger partial charge is 0.236 e. The van der Waals surface area contributed by atoms with E-state index in [1.807, 2.05) is 6.20 Å². The molecular formula is C36H22N4. The molecule has 0 N–H and O–H groups in total. The Balaban J connectivity index is 1.40. The van der Waals surface area contributed by atoms with E-state index in [1.54, 1.807) is 0 Å². The van der Waals surface area contributed by atoms with Crippen molar-refractivity contribution in [2.45, 2.75) is 0 Å². The van der Waals surface area contributed by atoms with Crippen molar-refractivity contribution in [1.29, 1.82) is 0 Å². The molecule has 0 aliphatic heterocycles.